The van der Waals surface area contributed by atoms with E-state index in [1.54, 1.807) is 36.4 Å². The highest BCUT2D eigenvalue weighted by molar-refractivity contribution is 7.89. The van der Waals surface area contributed by atoms with Gasteiger partial charge in [0.25, 0.3) is 0 Å². The Balaban J connectivity index is 1.54. The molecule has 1 aliphatic rings. The Hall–Kier alpha value is -2.58. The van der Waals surface area contributed by atoms with Crippen molar-refractivity contribution in [3.63, 3.8) is 0 Å². The van der Waals surface area contributed by atoms with E-state index in [-0.39, 0.29) is 16.6 Å². The summed E-state index contributed by atoms with van der Waals surface area (Å²) in [6, 6.07) is 12.7. The monoisotopic (exact) mass is 401 g/mol. The van der Waals surface area contributed by atoms with Gasteiger partial charge < -0.3 is 4.52 Å². The lowest BCUT2D eigenvalue weighted by molar-refractivity contribution is 0.265. The quantitative estimate of drug-likeness (QED) is 0.665. The van der Waals surface area contributed by atoms with Crippen LogP contribution in [0.15, 0.2) is 57.9 Å². The second-order valence-corrected chi connectivity index (χ2v) is 8.92. The number of benzene rings is 2. The van der Waals surface area contributed by atoms with Gasteiger partial charge in [0.2, 0.25) is 21.7 Å². The van der Waals surface area contributed by atoms with Crippen molar-refractivity contribution in [1.29, 1.82) is 0 Å². The number of aryl methyl sites for hydroxylation is 1. The molecule has 0 saturated carbocycles. The van der Waals surface area contributed by atoms with Crippen LogP contribution in [0.5, 0.6) is 0 Å². The van der Waals surface area contributed by atoms with Gasteiger partial charge in [-0.05, 0) is 56.2 Å². The molecule has 1 aromatic heterocycles. The number of nitrogens with zero attached hydrogens (tertiary/aromatic N) is 3. The predicted molar refractivity (Wildman–Crippen MR) is 102 cm³/mol. The summed E-state index contributed by atoms with van der Waals surface area (Å²) in [5, 5.41) is 3.97. The molecule has 0 unspecified atom stereocenters. The maximum atomic E-state index is 13.1. The number of halogens is 1. The first-order valence-corrected chi connectivity index (χ1v) is 10.5. The molecule has 0 spiro atoms. The third-order valence-electron chi connectivity index (χ3n) is 4.94. The number of aromatic nitrogens is 2. The minimum atomic E-state index is -3.57. The van der Waals surface area contributed by atoms with Crippen LogP contribution in [-0.4, -0.2) is 36.0 Å². The van der Waals surface area contributed by atoms with E-state index in [4.69, 9.17) is 4.52 Å². The normalized spacial score (nSPS) is 18.3. The Kier molecular flexibility index (Phi) is 4.99. The van der Waals surface area contributed by atoms with Crippen molar-refractivity contribution < 1.29 is 17.3 Å². The number of hydrogen-bond acceptors (Lipinski definition) is 5. The lowest BCUT2D eigenvalue weighted by Gasteiger charge is -2.30. The number of rotatable bonds is 4. The molecule has 146 valence electrons. The van der Waals surface area contributed by atoms with Crippen LogP contribution in [0, 0.1) is 12.7 Å². The summed E-state index contributed by atoms with van der Waals surface area (Å²) < 4.78 is 45.9. The van der Waals surface area contributed by atoms with Crippen LogP contribution in [-0.2, 0) is 10.0 Å². The van der Waals surface area contributed by atoms with Crippen LogP contribution < -0.4 is 0 Å². The zero-order valence-corrected chi connectivity index (χ0v) is 16.2. The second kappa shape index (κ2) is 7.44. The fourth-order valence-electron chi connectivity index (χ4n) is 3.34. The molecule has 0 bridgehead atoms. The highest BCUT2D eigenvalue weighted by Crippen LogP contribution is 2.30. The summed E-state index contributed by atoms with van der Waals surface area (Å²) in [6.07, 6.45) is 1.48. The van der Waals surface area contributed by atoms with E-state index in [0.29, 0.717) is 36.8 Å². The minimum absolute atomic E-state index is 0.171. The molecule has 4 rings (SSSR count). The first kappa shape index (κ1) is 18.8. The van der Waals surface area contributed by atoms with Crippen molar-refractivity contribution in [2.45, 2.75) is 30.6 Å². The summed E-state index contributed by atoms with van der Waals surface area (Å²) in [7, 11) is -3.57. The summed E-state index contributed by atoms with van der Waals surface area (Å²) in [5.41, 5.74) is 1.66. The molecule has 0 amide bonds. The third-order valence-corrected chi connectivity index (χ3v) is 6.82. The average Bonchev–Trinajstić information content (AvgIpc) is 3.19. The van der Waals surface area contributed by atoms with Gasteiger partial charge in [0.1, 0.15) is 5.82 Å². The molecule has 28 heavy (non-hydrogen) atoms. The van der Waals surface area contributed by atoms with Gasteiger partial charge in [-0.1, -0.05) is 22.9 Å². The molecule has 1 fully saturated rings. The predicted octanol–water partition coefficient (Wildman–Crippen LogP) is 3.75. The Morgan fingerprint density at radius 2 is 1.82 bits per heavy atom. The Morgan fingerprint density at radius 1 is 1.11 bits per heavy atom. The van der Waals surface area contributed by atoms with Crippen LogP contribution in [0.4, 0.5) is 4.39 Å². The first-order valence-electron chi connectivity index (χ1n) is 9.10. The summed E-state index contributed by atoms with van der Waals surface area (Å²) >= 11 is 0. The molecule has 3 aromatic rings. The largest absolute Gasteiger partial charge is 0.339 e. The fourth-order valence-corrected chi connectivity index (χ4v) is 4.86. The fraction of sp³-hybridized carbons (Fsp3) is 0.300. The van der Waals surface area contributed by atoms with E-state index in [1.807, 2.05) is 6.92 Å². The molecular formula is C20H20FN3O3S. The summed E-state index contributed by atoms with van der Waals surface area (Å²) in [4.78, 5) is 4.70. The maximum Gasteiger partial charge on any atom is 0.243 e. The van der Waals surface area contributed by atoms with Gasteiger partial charge in [-0.2, -0.15) is 9.29 Å². The average molecular weight is 401 g/mol. The maximum absolute atomic E-state index is 13.1. The lowest BCUT2D eigenvalue weighted by Crippen LogP contribution is -2.39. The lowest BCUT2D eigenvalue weighted by atomic mass is 10.00. The van der Waals surface area contributed by atoms with E-state index >= 15 is 0 Å². The van der Waals surface area contributed by atoms with Gasteiger partial charge in [-0.15, -0.1) is 0 Å². The standard InChI is InChI=1S/C20H20FN3O3S/c1-14-4-10-18(11-5-14)28(25,26)24-12-2-3-16(13-24)20-22-19(23-27-20)15-6-8-17(21)9-7-15/h4-11,16H,2-3,12-13H2,1H3/t16-/m1/s1. The van der Waals surface area contributed by atoms with Gasteiger partial charge in [0.05, 0.1) is 10.8 Å². The summed E-state index contributed by atoms with van der Waals surface area (Å²) in [5.74, 6) is 0.268. The Morgan fingerprint density at radius 3 is 2.54 bits per heavy atom. The zero-order chi connectivity index (χ0) is 19.7. The van der Waals surface area contributed by atoms with Crippen molar-refractivity contribution in [2.24, 2.45) is 0 Å². The van der Waals surface area contributed by atoms with Gasteiger partial charge in [0, 0.05) is 18.7 Å². The Labute approximate surface area is 163 Å². The van der Waals surface area contributed by atoms with E-state index in [2.05, 4.69) is 10.1 Å². The summed E-state index contributed by atoms with van der Waals surface area (Å²) in [6.45, 7) is 2.68. The molecule has 0 aliphatic carbocycles. The second-order valence-electron chi connectivity index (χ2n) is 6.98. The van der Waals surface area contributed by atoms with Crippen LogP contribution in [0.25, 0.3) is 11.4 Å². The molecule has 1 saturated heterocycles. The van der Waals surface area contributed by atoms with Crippen LogP contribution in [0.3, 0.4) is 0 Å². The zero-order valence-electron chi connectivity index (χ0n) is 15.4. The number of piperidine rings is 1. The molecule has 1 aliphatic heterocycles. The Bertz CT molecular complexity index is 1060. The smallest absolute Gasteiger partial charge is 0.243 e. The van der Waals surface area contributed by atoms with E-state index < -0.39 is 10.0 Å². The van der Waals surface area contributed by atoms with Crippen LogP contribution in [0.1, 0.15) is 30.2 Å². The highest BCUT2D eigenvalue weighted by Gasteiger charge is 2.33. The van der Waals surface area contributed by atoms with Crippen LogP contribution in [0.2, 0.25) is 0 Å². The van der Waals surface area contributed by atoms with Crippen molar-refractivity contribution in [3.8, 4) is 11.4 Å². The molecule has 6 nitrogen and oxygen atoms in total. The van der Waals surface area contributed by atoms with Gasteiger partial charge in [0.15, 0.2) is 0 Å². The molecule has 0 radical (unpaired) electrons. The first-order chi connectivity index (χ1) is 13.4. The molecule has 1 atom stereocenters. The van der Waals surface area contributed by atoms with E-state index in [1.165, 1.54) is 16.4 Å². The molecule has 2 aromatic carbocycles. The molecule has 8 heteroatoms. The molecular weight excluding hydrogens is 381 g/mol. The van der Waals surface area contributed by atoms with E-state index in [9.17, 15) is 12.8 Å². The van der Waals surface area contributed by atoms with Gasteiger partial charge >= 0.3 is 0 Å². The van der Waals surface area contributed by atoms with Crippen molar-refractivity contribution in [2.75, 3.05) is 13.1 Å². The number of sulfonamides is 1. The van der Waals surface area contributed by atoms with Crippen molar-refractivity contribution in [3.05, 3.63) is 65.8 Å². The molecule has 2 heterocycles. The van der Waals surface area contributed by atoms with Crippen molar-refractivity contribution >= 4 is 10.0 Å². The van der Waals surface area contributed by atoms with E-state index in [0.717, 1.165) is 12.0 Å². The highest BCUT2D eigenvalue weighted by atomic mass is 32.2. The third kappa shape index (κ3) is 3.70. The topological polar surface area (TPSA) is 76.3 Å². The molecule has 0 N–H and O–H groups in total. The van der Waals surface area contributed by atoms with Gasteiger partial charge in [-0.3, -0.25) is 0 Å². The SMILES string of the molecule is Cc1ccc(S(=O)(=O)N2CCC[C@@H](c3nc(-c4ccc(F)cc4)no3)C2)cc1. The minimum Gasteiger partial charge on any atom is -0.339 e. The van der Waals surface area contributed by atoms with Crippen molar-refractivity contribution in [1.82, 2.24) is 14.4 Å². The van der Waals surface area contributed by atoms with Crippen LogP contribution >= 0.6 is 0 Å². The number of hydrogen-bond donors (Lipinski definition) is 0. The van der Waals surface area contributed by atoms with Gasteiger partial charge in [-0.25, -0.2) is 12.8 Å².